The molecule has 0 saturated carbocycles. The minimum Gasteiger partial charge on any atom is -0.298 e. The van der Waals surface area contributed by atoms with Crippen LogP contribution in [-0.4, -0.2) is 24.5 Å². The van der Waals surface area contributed by atoms with E-state index in [0.717, 1.165) is 17.7 Å². The van der Waals surface area contributed by atoms with E-state index in [1.165, 1.54) is 23.0 Å². The van der Waals surface area contributed by atoms with Gasteiger partial charge in [-0.25, -0.2) is 18.1 Å². The summed E-state index contributed by atoms with van der Waals surface area (Å²) in [6, 6.07) is 14.2. The summed E-state index contributed by atoms with van der Waals surface area (Å²) in [4.78, 5) is 15.5. The van der Waals surface area contributed by atoms with Crippen molar-refractivity contribution in [2.24, 2.45) is 0 Å². The fourth-order valence-corrected chi connectivity index (χ4v) is 3.92. The van der Waals surface area contributed by atoms with Crippen LogP contribution in [0.5, 0.6) is 0 Å². The molecule has 0 aliphatic rings. The van der Waals surface area contributed by atoms with Gasteiger partial charge in [-0.05, 0) is 12.1 Å². The minimum atomic E-state index is -4.81. The monoisotopic (exact) mass is 423 g/mol. The molecule has 0 aliphatic heterocycles. The summed E-state index contributed by atoms with van der Waals surface area (Å²) in [5, 5.41) is 0. The summed E-state index contributed by atoms with van der Waals surface area (Å²) in [6.07, 6.45) is -3.54. The van der Waals surface area contributed by atoms with Crippen LogP contribution in [0.4, 0.5) is 13.2 Å². The second-order valence-electron chi connectivity index (χ2n) is 6.06. The third kappa shape index (κ3) is 4.90. The van der Waals surface area contributed by atoms with E-state index in [-0.39, 0.29) is 13.1 Å². The summed E-state index contributed by atoms with van der Waals surface area (Å²) < 4.78 is 67.0. The van der Waals surface area contributed by atoms with Crippen molar-refractivity contribution in [2.75, 3.05) is 6.54 Å². The molecule has 2 aromatic carbocycles. The first kappa shape index (κ1) is 20.7. The van der Waals surface area contributed by atoms with E-state index in [1.807, 2.05) is 6.07 Å². The normalized spacial score (nSPS) is 12.1. The number of aromatic nitrogens is 2. The maximum absolute atomic E-state index is 13.1. The first-order valence-electron chi connectivity index (χ1n) is 8.46. The third-order valence-electron chi connectivity index (χ3n) is 4.08. The van der Waals surface area contributed by atoms with E-state index in [9.17, 15) is 26.4 Å². The first-order valence-corrected chi connectivity index (χ1v) is 9.94. The van der Waals surface area contributed by atoms with Crippen LogP contribution in [0.2, 0.25) is 0 Å². The number of rotatable bonds is 6. The highest BCUT2D eigenvalue weighted by Gasteiger charge is 2.36. The van der Waals surface area contributed by atoms with Crippen molar-refractivity contribution in [2.45, 2.75) is 17.6 Å². The van der Waals surface area contributed by atoms with Crippen LogP contribution in [-0.2, 0) is 22.7 Å². The second-order valence-corrected chi connectivity index (χ2v) is 7.80. The van der Waals surface area contributed by atoms with E-state index in [2.05, 4.69) is 9.71 Å². The molecule has 0 aliphatic carbocycles. The van der Waals surface area contributed by atoms with Crippen LogP contribution in [0, 0.1) is 0 Å². The molecule has 3 aromatic rings. The lowest BCUT2D eigenvalue weighted by Crippen LogP contribution is -2.32. The maximum Gasteiger partial charge on any atom is 0.417 e. The van der Waals surface area contributed by atoms with Crippen molar-refractivity contribution in [3.63, 3.8) is 0 Å². The smallest absolute Gasteiger partial charge is 0.298 e. The number of hydrogen-bond acceptors (Lipinski definition) is 4. The third-order valence-corrected chi connectivity index (χ3v) is 5.59. The Labute approximate surface area is 164 Å². The fraction of sp³-hybridized carbons (Fsp3) is 0.158. The number of benzene rings is 2. The molecule has 1 heterocycles. The number of alkyl halides is 3. The zero-order valence-corrected chi connectivity index (χ0v) is 15.7. The number of nitrogens with zero attached hydrogens (tertiary/aromatic N) is 2. The molecule has 1 aromatic heterocycles. The summed E-state index contributed by atoms with van der Waals surface area (Å²) in [7, 11) is -4.41. The Bertz CT molecular complexity index is 1160. The van der Waals surface area contributed by atoms with Gasteiger partial charge in [0.2, 0.25) is 10.0 Å². The minimum absolute atomic E-state index is 0.0890. The van der Waals surface area contributed by atoms with Gasteiger partial charge in [-0.2, -0.15) is 13.2 Å². The summed E-state index contributed by atoms with van der Waals surface area (Å²) in [6.45, 7) is -0.366. The highest BCUT2D eigenvalue weighted by atomic mass is 32.2. The Kier molecular flexibility index (Phi) is 5.85. The van der Waals surface area contributed by atoms with E-state index < -0.39 is 32.2 Å². The number of sulfonamides is 1. The highest BCUT2D eigenvalue weighted by Crippen LogP contribution is 2.33. The highest BCUT2D eigenvalue weighted by molar-refractivity contribution is 7.89. The average molecular weight is 423 g/mol. The predicted octanol–water partition coefficient (Wildman–Crippen LogP) is 2.91. The summed E-state index contributed by atoms with van der Waals surface area (Å²) >= 11 is 0. The summed E-state index contributed by atoms with van der Waals surface area (Å²) in [5.41, 5.74) is -0.444. The van der Waals surface area contributed by atoms with Crippen LogP contribution in [0.3, 0.4) is 0 Å². The molecule has 1 N–H and O–H groups in total. The van der Waals surface area contributed by atoms with Crippen molar-refractivity contribution < 1.29 is 21.6 Å². The van der Waals surface area contributed by atoms with Gasteiger partial charge in [-0.1, -0.05) is 42.5 Å². The van der Waals surface area contributed by atoms with Gasteiger partial charge < -0.3 is 0 Å². The van der Waals surface area contributed by atoms with E-state index >= 15 is 0 Å². The molecule has 0 fully saturated rings. The molecule has 0 saturated heterocycles. The number of halogens is 3. The van der Waals surface area contributed by atoms with Crippen molar-refractivity contribution in [1.82, 2.24) is 14.3 Å². The van der Waals surface area contributed by atoms with Crippen molar-refractivity contribution >= 4 is 10.0 Å². The maximum atomic E-state index is 13.1. The quantitative estimate of drug-likeness (QED) is 0.661. The van der Waals surface area contributed by atoms with Gasteiger partial charge in [0.15, 0.2) is 0 Å². The molecule has 0 spiro atoms. The molecule has 0 bridgehead atoms. The van der Waals surface area contributed by atoms with Gasteiger partial charge in [0, 0.05) is 24.7 Å². The molecule has 0 radical (unpaired) electrons. The standard InChI is InChI=1S/C19H16F3N3O3S/c20-19(21,22)15-8-4-5-9-17(15)29(27,28)24-10-11-25-13-23-16(12-18(25)26)14-6-2-1-3-7-14/h1-9,12-13,24H,10-11H2. The molecular formula is C19H16F3N3O3S. The van der Waals surface area contributed by atoms with Gasteiger partial charge in [0.1, 0.15) is 0 Å². The van der Waals surface area contributed by atoms with Gasteiger partial charge in [-0.15, -0.1) is 0 Å². The number of hydrogen-bond donors (Lipinski definition) is 1. The lowest BCUT2D eigenvalue weighted by molar-refractivity contribution is -0.139. The SMILES string of the molecule is O=c1cc(-c2ccccc2)ncn1CCNS(=O)(=O)c1ccccc1C(F)(F)F. The average Bonchev–Trinajstić information content (AvgIpc) is 2.69. The summed E-state index contributed by atoms with van der Waals surface area (Å²) in [5.74, 6) is 0. The van der Waals surface area contributed by atoms with Gasteiger partial charge in [0.05, 0.1) is 22.5 Å². The van der Waals surface area contributed by atoms with E-state index in [1.54, 1.807) is 24.3 Å². The zero-order chi connectivity index (χ0) is 21.1. The molecule has 0 amide bonds. The first-order chi connectivity index (χ1) is 13.7. The van der Waals surface area contributed by atoms with Crippen molar-refractivity contribution in [1.29, 1.82) is 0 Å². The molecule has 152 valence electrons. The molecule has 3 rings (SSSR count). The van der Waals surface area contributed by atoms with Crippen LogP contribution in [0.15, 0.2) is 76.7 Å². The van der Waals surface area contributed by atoms with Crippen LogP contribution < -0.4 is 10.3 Å². The fourth-order valence-electron chi connectivity index (χ4n) is 2.67. The Morgan fingerprint density at radius 2 is 1.66 bits per heavy atom. The molecule has 29 heavy (non-hydrogen) atoms. The van der Waals surface area contributed by atoms with E-state index in [0.29, 0.717) is 11.8 Å². The van der Waals surface area contributed by atoms with Crippen LogP contribution in [0.1, 0.15) is 5.56 Å². The second kappa shape index (κ2) is 8.18. The Balaban J connectivity index is 1.73. The molecule has 0 unspecified atom stereocenters. The van der Waals surface area contributed by atoms with Crippen LogP contribution >= 0.6 is 0 Å². The largest absolute Gasteiger partial charge is 0.417 e. The Morgan fingerprint density at radius 3 is 2.31 bits per heavy atom. The van der Waals surface area contributed by atoms with Gasteiger partial charge in [-0.3, -0.25) is 9.36 Å². The number of nitrogens with one attached hydrogen (secondary N) is 1. The van der Waals surface area contributed by atoms with Crippen LogP contribution in [0.25, 0.3) is 11.3 Å². The van der Waals surface area contributed by atoms with Crippen molar-refractivity contribution in [3.8, 4) is 11.3 Å². The Hall–Kier alpha value is -2.98. The van der Waals surface area contributed by atoms with Gasteiger partial charge >= 0.3 is 6.18 Å². The topological polar surface area (TPSA) is 81.1 Å². The predicted molar refractivity (Wildman–Crippen MR) is 101 cm³/mol. The molecule has 10 heteroatoms. The molecular weight excluding hydrogens is 407 g/mol. The lowest BCUT2D eigenvalue weighted by Gasteiger charge is -2.14. The van der Waals surface area contributed by atoms with Crippen molar-refractivity contribution in [3.05, 3.63) is 82.9 Å². The zero-order valence-electron chi connectivity index (χ0n) is 14.9. The molecule has 6 nitrogen and oxygen atoms in total. The molecule has 0 atom stereocenters. The Morgan fingerprint density at radius 1 is 1.00 bits per heavy atom. The van der Waals surface area contributed by atoms with Gasteiger partial charge in [0.25, 0.3) is 5.56 Å². The lowest BCUT2D eigenvalue weighted by atomic mass is 10.1. The van der Waals surface area contributed by atoms with E-state index in [4.69, 9.17) is 0 Å².